The summed E-state index contributed by atoms with van der Waals surface area (Å²) in [5.41, 5.74) is 0. The summed E-state index contributed by atoms with van der Waals surface area (Å²) in [5, 5.41) is 7.86. The van der Waals surface area contributed by atoms with Gasteiger partial charge in [0.15, 0.2) is 0 Å². The maximum absolute atomic E-state index is 11.5. The Hall–Kier alpha value is -1.26. The van der Waals surface area contributed by atoms with Gasteiger partial charge in [-0.1, -0.05) is 0 Å². The number of hydrogen-bond acceptors (Lipinski definition) is 3. The monoisotopic (exact) mass is 239 g/mol. The summed E-state index contributed by atoms with van der Waals surface area (Å²) in [6.45, 7) is 4.80. The lowest BCUT2D eigenvalue weighted by molar-refractivity contribution is 0.0881. The van der Waals surface area contributed by atoms with Gasteiger partial charge in [0.05, 0.1) is 12.4 Å². The highest BCUT2D eigenvalue weighted by Gasteiger charge is 2.30. The molecule has 2 aliphatic heterocycles. The second-order valence-electron chi connectivity index (χ2n) is 4.66. The molecule has 0 aromatic rings. The lowest BCUT2D eigenvalue weighted by Crippen LogP contribution is -2.47. The van der Waals surface area contributed by atoms with E-state index < -0.39 is 0 Å². The Bertz CT molecular complexity index is 298. The van der Waals surface area contributed by atoms with Gasteiger partial charge >= 0.3 is 6.09 Å². The molecular weight excluding hydrogens is 218 g/mol. The molecule has 0 aromatic carbocycles. The van der Waals surface area contributed by atoms with E-state index in [1.165, 1.54) is 0 Å². The van der Waals surface area contributed by atoms with Crippen molar-refractivity contribution in [3.05, 3.63) is 0 Å². The van der Waals surface area contributed by atoms with Crippen LogP contribution in [-0.4, -0.2) is 54.0 Å². The first kappa shape index (κ1) is 12.2. The van der Waals surface area contributed by atoms with Crippen molar-refractivity contribution in [2.75, 3.05) is 26.2 Å². The van der Waals surface area contributed by atoms with Crippen LogP contribution in [0.4, 0.5) is 4.79 Å². The Morgan fingerprint density at radius 1 is 1.41 bits per heavy atom. The van der Waals surface area contributed by atoms with E-state index in [2.05, 4.69) is 4.90 Å². The standard InChI is InChI=1S/C12H21N3O2/c1-2-17-12(16)14-8-5-10(6-9-14)15-7-3-4-11(15)13/h10,13H,2-9H2,1H3. The molecule has 2 heterocycles. The minimum absolute atomic E-state index is 0.192. The van der Waals surface area contributed by atoms with E-state index in [9.17, 15) is 4.79 Å². The van der Waals surface area contributed by atoms with Gasteiger partial charge in [0.25, 0.3) is 0 Å². The van der Waals surface area contributed by atoms with E-state index in [0.29, 0.717) is 12.6 Å². The maximum Gasteiger partial charge on any atom is 0.409 e. The van der Waals surface area contributed by atoms with Crippen molar-refractivity contribution in [1.82, 2.24) is 9.80 Å². The zero-order chi connectivity index (χ0) is 12.3. The average Bonchev–Trinajstić information content (AvgIpc) is 2.76. The number of nitrogens with one attached hydrogen (secondary N) is 1. The van der Waals surface area contributed by atoms with Crippen molar-refractivity contribution in [3.63, 3.8) is 0 Å². The molecule has 1 amide bonds. The molecule has 5 nitrogen and oxygen atoms in total. The third-order valence-corrected chi connectivity index (χ3v) is 3.59. The molecule has 0 spiro atoms. The molecule has 0 aliphatic carbocycles. The van der Waals surface area contributed by atoms with Gasteiger partial charge in [0, 0.05) is 32.1 Å². The minimum Gasteiger partial charge on any atom is -0.450 e. The smallest absolute Gasteiger partial charge is 0.409 e. The maximum atomic E-state index is 11.5. The van der Waals surface area contributed by atoms with Gasteiger partial charge in [-0.2, -0.15) is 0 Å². The largest absolute Gasteiger partial charge is 0.450 e. The number of hydrogen-bond donors (Lipinski definition) is 1. The van der Waals surface area contributed by atoms with Crippen molar-refractivity contribution in [2.45, 2.75) is 38.6 Å². The normalized spacial score (nSPS) is 22.1. The molecule has 0 aromatic heterocycles. The molecule has 5 heteroatoms. The Morgan fingerprint density at radius 3 is 2.65 bits per heavy atom. The number of rotatable bonds is 2. The topological polar surface area (TPSA) is 56.6 Å². The first-order chi connectivity index (χ1) is 8.22. The van der Waals surface area contributed by atoms with Crippen molar-refractivity contribution in [2.24, 2.45) is 0 Å². The van der Waals surface area contributed by atoms with Crippen molar-refractivity contribution in [3.8, 4) is 0 Å². The molecule has 1 N–H and O–H groups in total. The van der Waals surface area contributed by atoms with Crippen LogP contribution in [0.3, 0.4) is 0 Å². The highest BCUT2D eigenvalue weighted by Crippen LogP contribution is 2.22. The first-order valence-corrected chi connectivity index (χ1v) is 6.48. The molecule has 2 fully saturated rings. The van der Waals surface area contributed by atoms with E-state index in [4.69, 9.17) is 10.1 Å². The number of piperidine rings is 1. The number of nitrogens with zero attached hydrogens (tertiary/aromatic N) is 2. The van der Waals surface area contributed by atoms with Crippen LogP contribution in [0.2, 0.25) is 0 Å². The fourth-order valence-electron chi connectivity index (χ4n) is 2.67. The van der Waals surface area contributed by atoms with Gasteiger partial charge in [-0.25, -0.2) is 4.79 Å². The second-order valence-corrected chi connectivity index (χ2v) is 4.66. The number of carbonyl (C=O) groups excluding carboxylic acids is 1. The predicted octanol–water partition coefficient (Wildman–Crippen LogP) is 1.68. The first-order valence-electron chi connectivity index (χ1n) is 6.48. The molecule has 96 valence electrons. The highest BCUT2D eigenvalue weighted by molar-refractivity contribution is 5.81. The van der Waals surface area contributed by atoms with E-state index in [1.54, 1.807) is 4.90 Å². The molecule has 0 bridgehead atoms. The number of likely N-dealkylation sites (tertiary alicyclic amines) is 2. The van der Waals surface area contributed by atoms with Crippen LogP contribution in [0.15, 0.2) is 0 Å². The number of carbonyl (C=O) groups is 1. The highest BCUT2D eigenvalue weighted by atomic mass is 16.6. The lowest BCUT2D eigenvalue weighted by atomic mass is 10.0. The van der Waals surface area contributed by atoms with Gasteiger partial charge in [-0.3, -0.25) is 5.41 Å². The van der Waals surface area contributed by atoms with Gasteiger partial charge in [0.1, 0.15) is 0 Å². The average molecular weight is 239 g/mol. The molecule has 2 rings (SSSR count). The van der Waals surface area contributed by atoms with E-state index >= 15 is 0 Å². The summed E-state index contributed by atoms with van der Waals surface area (Å²) in [6, 6.07) is 0.454. The second kappa shape index (κ2) is 5.38. The molecule has 0 radical (unpaired) electrons. The van der Waals surface area contributed by atoms with Crippen LogP contribution in [-0.2, 0) is 4.74 Å². The van der Waals surface area contributed by atoms with Gasteiger partial charge in [-0.15, -0.1) is 0 Å². The summed E-state index contributed by atoms with van der Waals surface area (Å²) in [7, 11) is 0. The minimum atomic E-state index is -0.192. The van der Waals surface area contributed by atoms with Crippen LogP contribution >= 0.6 is 0 Å². The Kier molecular flexibility index (Phi) is 3.86. The van der Waals surface area contributed by atoms with Crippen molar-refractivity contribution >= 4 is 11.9 Å². The van der Waals surface area contributed by atoms with Crippen LogP contribution in [0.1, 0.15) is 32.6 Å². The van der Waals surface area contributed by atoms with E-state index in [0.717, 1.165) is 51.2 Å². The van der Waals surface area contributed by atoms with Crippen molar-refractivity contribution in [1.29, 1.82) is 5.41 Å². The predicted molar refractivity (Wildman–Crippen MR) is 65.3 cm³/mol. The zero-order valence-corrected chi connectivity index (χ0v) is 10.4. The summed E-state index contributed by atoms with van der Waals surface area (Å²) in [4.78, 5) is 15.5. The van der Waals surface area contributed by atoms with Crippen molar-refractivity contribution < 1.29 is 9.53 Å². The van der Waals surface area contributed by atoms with Crippen LogP contribution in [0.5, 0.6) is 0 Å². The fourth-order valence-corrected chi connectivity index (χ4v) is 2.67. The summed E-state index contributed by atoms with van der Waals surface area (Å²) >= 11 is 0. The third-order valence-electron chi connectivity index (χ3n) is 3.59. The summed E-state index contributed by atoms with van der Waals surface area (Å²) in [5.74, 6) is 0.777. The lowest BCUT2D eigenvalue weighted by Gasteiger charge is -2.37. The Labute approximate surface area is 102 Å². The Morgan fingerprint density at radius 2 is 2.12 bits per heavy atom. The van der Waals surface area contributed by atoms with Crippen LogP contribution in [0, 0.1) is 5.41 Å². The van der Waals surface area contributed by atoms with Crippen LogP contribution < -0.4 is 0 Å². The molecule has 0 unspecified atom stereocenters. The van der Waals surface area contributed by atoms with E-state index in [1.807, 2.05) is 6.92 Å². The fraction of sp³-hybridized carbons (Fsp3) is 0.833. The summed E-state index contributed by atoms with van der Waals surface area (Å²) < 4.78 is 4.99. The van der Waals surface area contributed by atoms with Gasteiger partial charge in [0.2, 0.25) is 0 Å². The molecule has 2 saturated heterocycles. The third kappa shape index (κ3) is 2.70. The SMILES string of the molecule is CCOC(=O)N1CCC(N2CCCC2=N)CC1. The molecule has 0 atom stereocenters. The molecule has 17 heavy (non-hydrogen) atoms. The molecular formula is C12H21N3O2. The van der Waals surface area contributed by atoms with Gasteiger partial charge < -0.3 is 14.5 Å². The molecule has 2 aliphatic rings. The Balaban J connectivity index is 1.81. The van der Waals surface area contributed by atoms with Gasteiger partial charge in [-0.05, 0) is 26.2 Å². The molecule has 0 saturated carbocycles. The zero-order valence-electron chi connectivity index (χ0n) is 10.4. The van der Waals surface area contributed by atoms with Crippen LogP contribution in [0.25, 0.3) is 0 Å². The number of amides is 1. The number of ether oxygens (including phenoxy) is 1. The quantitative estimate of drug-likeness (QED) is 0.797. The summed E-state index contributed by atoms with van der Waals surface area (Å²) in [6.07, 6.45) is 3.75. The van der Waals surface area contributed by atoms with E-state index in [-0.39, 0.29) is 6.09 Å². The number of amidine groups is 1.